The normalized spacial score (nSPS) is 11.3. The van der Waals surface area contributed by atoms with Crippen LogP contribution in [-0.4, -0.2) is 13.4 Å². The molecule has 1 heterocycles. The number of nitrogens with one attached hydrogen (secondary N) is 1. The van der Waals surface area contributed by atoms with Gasteiger partial charge in [0, 0.05) is 0 Å². The zero-order valence-electron chi connectivity index (χ0n) is 9.76. The minimum Gasteiger partial charge on any atom is -0.389 e. The molecule has 0 fully saturated rings. The van der Waals surface area contributed by atoms with Crippen LogP contribution in [0.3, 0.4) is 0 Å². The third-order valence-electron chi connectivity index (χ3n) is 2.29. The van der Waals surface area contributed by atoms with E-state index in [0.717, 1.165) is 11.3 Å². The van der Waals surface area contributed by atoms with E-state index in [4.69, 9.17) is 41.2 Å². The maximum absolute atomic E-state index is 12.2. The Morgan fingerprint density at radius 1 is 1.20 bits per heavy atom. The fourth-order valence-corrected chi connectivity index (χ4v) is 4.43. The van der Waals surface area contributed by atoms with Crippen LogP contribution in [0.5, 0.6) is 0 Å². The molecule has 20 heavy (non-hydrogen) atoms. The summed E-state index contributed by atoms with van der Waals surface area (Å²) in [6, 6.07) is 7.68. The molecule has 0 bridgehead atoms. The molecule has 1 aromatic carbocycles. The van der Waals surface area contributed by atoms with Gasteiger partial charge in [-0.2, -0.15) is 0 Å². The number of benzene rings is 1. The minimum absolute atomic E-state index is 0.0799. The summed E-state index contributed by atoms with van der Waals surface area (Å²) in [6.45, 7) is 0. The van der Waals surface area contributed by atoms with Gasteiger partial charge in [-0.1, -0.05) is 41.5 Å². The van der Waals surface area contributed by atoms with Gasteiger partial charge in [0.15, 0.2) is 0 Å². The van der Waals surface area contributed by atoms with Gasteiger partial charge >= 0.3 is 0 Å². The Hall–Kier alpha value is -0.860. The molecule has 0 saturated heterocycles. The summed E-state index contributed by atoms with van der Waals surface area (Å²) in [6.07, 6.45) is 0. The molecule has 9 heteroatoms. The number of anilines is 1. The van der Waals surface area contributed by atoms with E-state index in [-0.39, 0.29) is 24.9 Å². The number of halogens is 2. The number of hydrogen-bond donors (Lipinski definition) is 2. The van der Waals surface area contributed by atoms with Crippen LogP contribution in [0.15, 0.2) is 34.5 Å². The SMILES string of the molecule is NC(=S)c1ccc(S(=O)(=O)Nc2c(Cl)cccc2Cl)s1. The second kappa shape index (κ2) is 5.87. The van der Waals surface area contributed by atoms with Crippen LogP contribution >= 0.6 is 46.8 Å². The number of nitrogens with two attached hydrogens (primary N) is 1. The Bertz CT molecular complexity index is 751. The molecular formula is C11H8Cl2N2O2S3. The summed E-state index contributed by atoms with van der Waals surface area (Å²) in [4.78, 5) is 0.665. The monoisotopic (exact) mass is 366 g/mol. The molecule has 2 rings (SSSR count). The van der Waals surface area contributed by atoms with E-state index in [0.29, 0.717) is 4.88 Å². The predicted octanol–water partition coefficient (Wildman–Crippen LogP) is 3.49. The van der Waals surface area contributed by atoms with Crippen LogP contribution < -0.4 is 10.5 Å². The van der Waals surface area contributed by atoms with Crippen LogP contribution in [0.1, 0.15) is 4.88 Å². The van der Waals surface area contributed by atoms with Crippen LogP contribution in [-0.2, 0) is 10.0 Å². The van der Waals surface area contributed by atoms with E-state index >= 15 is 0 Å². The number of hydrogen-bond acceptors (Lipinski definition) is 4. The number of sulfonamides is 1. The summed E-state index contributed by atoms with van der Waals surface area (Å²) >= 11 is 17.6. The smallest absolute Gasteiger partial charge is 0.271 e. The van der Waals surface area contributed by atoms with Crippen LogP contribution in [0.4, 0.5) is 5.69 Å². The van der Waals surface area contributed by atoms with Gasteiger partial charge in [0.05, 0.1) is 20.6 Å². The summed E-state index contributed by atoms with van der Waals surface area (Å²) in [7, 11) is -3.79. The van der Waals surface area contributed by atoms with Crippen molar-refractivity contribution in [2.24, 2.45) is 5.73 Å². The number of thiocarbonyl (C=S) groups is 1. The molecule has 106 valence electrons. The van der Waals surface area contributed by atoms with Crippen molar-refractivity contribution >= 4 is 67.5 Å². The molecule has 0 aliphatic carbocycles. The van der Waals surface area contributed by atoms with Gasteiger partial charge in [-0.25, -0.2) is 8.42 Å². The Morgan fingerprint density at radius 3 is 2.30 bits per heavy atom. The molecule has 0 spiro atoms. The number of thiophene rings is 1. The largest absolute Gasteiger partial charge is 0.389 e. The fraction of sp³-hybridized carbons (Fsp3) is 0. The zero-order valence-corrected chi connectivity index (χ0v) is 13.7. The Balaban J connectivity index is 2.38. The Kier molecular flexibility index (Phi) is 4.55. The molecule has 3 N–H and O–H groups in total. The van der Waals surface area contributed by atoms with E-state index in [2.05, 4.69) is 4.72 Å². The average Bonchev–Trinajstić information content (AvgIpc) is 2.84. The van der Waals surface area contributed by atoms with Crippen molar-refractivity contribution in [2.75, 3.05) is 4.72 Å². The minimum atomic E-state index is -3.79. The van der Waals surface area contributed by atoms with Crippen LogP contribution in [0.2, 0.25) is 10.0 Å². The van der Waals surface area contributed by atoms with Crippen molar-refractivity contribution in [3.63, 3.8) is 0 Å². The molecule has 4 nitrogen and oxygen atoms in total. The van der Waals surface area contributed by atoms with Gasteiger partial charge in [-0.3, -0.25) is 4.72 Å². The highest BCUT2D eigenvalue weighted by molar-refractivity contribution is 7.94. The third-order valence-corrected chi connectivity index (χ3v) is 6.23. The highest BCUT2D eigenvalue weighted by Crippen LogP contribution is 2.33. The van der Waals surface area contributed by atoms with Crippen molar-refractivity contribution < 1.29 is 8.42 Å². The molecule has 0 radical (unpaired) electrons. The van der Waals surface area contributed by atoms with Gasteiger partial charge in [0.1, 0.15) is 9.20 Å². The molecule has 0 atom stereocenters. The Labute approximate surface area is 135 Å². The molecular weight excluding hydrogens is 359 g/mol. The first kappa shape index (κ1) is 15.5. The first-order chi connectivity index (χ1) is 9.31. The van der Waals surface area contributed by atoms with E-state index in [1.165, 1.54) is 6.07 Å². The summed E-state index contributed by atoms with van der Waals surface area (Å²) < 4.78 is 26.9. The molecule has 0 aliphatic rings. The zero-order chi connectivity index (χ0) is 14.9. The van der Waals surface area contributed by atoms with Crippen LogP contribution in [0, 0.1) is 0 Å². The quantitative estimate of drug-likeness (QED) is 0.812. The molecule has 0 saturated carbocycles. The topological polar surface area (TPSA) is 72.2 Å². The second-order valence-corrected chi connectivity index (χ2v) is 7.93. The van der Waals surface area contributed by atoms with E-state index in [1.807, 2.05) is 0 Å². The summed E-state index contributed by atoms with van der Waals surface area (Å²) in [5.74, 6) is 0. The molecule has 1 aromatic heterocycles. The molecule has 0 aliphatic heterocycles. The summed E-state index contributed by atoms with van der Waals surface area (Å²) in [5.41, 5.74) is 5.60. The van der Waals surface area contributed by atoms with Crippen molar-refractivity contribution in [2.45, 2.75) is 4.21 Å². The third kappa shape index (κ3) is 3.24. The fourth-order valence-electron chi connectivity index (χ4n) is 1.38. The lowest BCUT2D eigenvalue weighted by molar-refractivity contribution is 0.603. The first-order valence-corrected chi connectivity index (χ1v) is 8.64. The number of para-hydroxylation sites is 1. The maximum atomic E-state index is 12.2. The Morgan fingerprint density at radius 2 is 1.80 bits per heavy atom. The van der Waals surface area contributed by atoms with E-state index in [1.54, 1.807) is 24.3 Å². The lowest BCUT2D eigenvalue weighted by atomic mass is 10.3. The van der Waals surface area contributed by atoms with Gasteiger partial charge < -0.3 is 5.73 Å². The van der Waals surface area contributed by atoms with Crippen molar-refractivity contribution in [3.05, 3.63) is 45.3 Å². The highest BCUT2D eigenvalue weighted by atomic mass is 35.5. The van der Waals surface area contributed by atoms with Crippen LogP contribution in [0.25, 0.3) is 0 Å². The average molecular weight is 367 g/mol. The van der Waals surface area contributed by atoms with E-state index < -0.39 is 10.0 Å². The lowest BCUT2D eigenvalue weighted by Gasteiger charge is -2.09. The van der Waals surface area contributed by atoms with Crippen molar-refractivity contribution in [1.29, 1.82) is 0 Å². The van der Waals surface area contributed by atoms with Crippen molar-refractivity contribution in [3.8, 4) is 0 Å². The first-order valence-electron chi connectivity index (χ1n) is 5.18. The van der Waals surface area contributed by atoms with Gasteiger partial charge in [0.25, 0.3) is 10.0 Å². The molecule has 0 amide bonds. The van der Waals surface area contributed by atoms with E-state index in [9.17, 15) is 8.42 Å². The predicted molar refractivity (Wildman–Crippen MR) is 87.5 cm³/mol. The standard InChI is InChI=1S/C11H8Cl2N2O2S3/c12-6-2-1-3-7(13)10(6)15-20(16,17)9-5-4-8(19-9)11(14)18/h1-5,15H,(H2,14,18). The molecule has 2 aromatic rings. The van der Waals surface area contributed by atoms with Gasteiger partial charge in [0.2, 0.25) is 0 Å². The van der Waals surface area contributed by atoms with Gasteiger partial charge in [-0.05, 0) is 24.3 Å². The maximum Gasteiger partial charge on any atom is 0.271 e. The van der Waals surface area contributed by atoms with Crippen molar-refractivity contribution in [1.82, 2.24) is 0 Å². The lowest BCUT2D eigenvalue weighted by Crippen LogP contribution is -2.12. The highest BCUT2D eigenvalue weighted by Gasteiger charge is 2.20. The summed E-state index contributed by atoms with van der Waals surface area (Å²) in [5, 5.41) is 0.430. The number of rotatable bonds is 4. The second-order valence-electron chi connectivity index (χ2n) is 3.69. The molecule has 0 unspecified atom stereocenters. The van der Waals surface area contributed by atoms with Gasteiger partial charge in [-0.15, -0.1) is 11.3 Å².